The summed E-state index contributed by atoms with van der Waals surface area (Å²) in [6.45, 7) is 0. The van der Waals surface area contributed by atoms with Gasteiger partial charge in [0.15, 0.2) is 0 Å². The lowest BCUT2D eigenvalue weighted by molar-refractivity contribution is 0.746. The number of allylic oxidation sites excluding steroid dienone is 4. The number of hydrogen-bond acceptors (Lipinski definition) is 0. The smallest absolute Gasteiger partial charge is 0.0279 e. The molecule has 0 aromatic heterocycles. The third-order valence-electron chi connectivity index (χ3n) is 1.73. The molecule has 0 heterocycles. The summed E-state index contributed by atoms with van der Waals surface area (Å²) < 4.78 is 0. The summed E-state index contributed by atoms with van der Waals surface area (Å²) >= 11 is 0. The Bertz CT molecular complexity index is 104. The van der Waals surface area contributed by atoms with Gasteiger partial charge in [0.1, 0.15) is 0 Å². The second-order valence-corrected chi connectivity index (χ2v) is 2.70. The van der Waals surface area contributed by atoms with E-state index in [4.69, 9.17) is 0 Å². The van der Waals surface area contributed by atoms with Crippen LogP contribution in [0.25, 0.3) is 0 Å². The minimum absolute atomic E-state index is 1.16. The van der Waals surface area contributed by atoms with Gasteiger partial charge in [-0.15, -0.1) is 0 Å². The summed E-state index contributed by atoms with van der Waals surface area (Å²) in [5, 5.41) is 0. The van der Waals surface area contributed by atoms with Crippen LogP contribution >= 0.6 is 0 Å². The Kier molecular flexibility index (Phi) is 4.00. The molecule has 0 unspecified atom stereocenters. The Labute approximate surface area is 63.6 Å². The van der Waals surface area contributed by atoms with E-state index in [-0.39, 0.29) is 0 Å². The Morgan fingerprint density at radius 3 is 2.80 bits per heavy atom. The van der Waals surface area contributed by atoms with E-state index in [1.807, 2.05) is 0 Å². The fourth-order valence-electron chi connectivity index (χ4n) is 1.11. The zero-order chi connectivity index (χ0) is 7.07. The summed E-state index contributed by atoms with van der Waals surface area (Å²) in [4.78, 5) is 0. The first kappa shape index (κ1) is 7.59. The van der Waals surface area contributed by atoms with Gasteiger partial charge in [0.25, 0.3) is 0 Å². The SMILES string of the molecule is [C]1=CCCC=CCCCC1. The Morgan fingerprint density at radius 2 is 1.80 bits per heavy atom. The molecule has 0 amide bonds. The van der Waals surface area contributed by atoms with Crippen LogP contribution < -0.4 is 0 Å². The Hall–Kier alpha value is -0.520. The molecule has 10 heavy (non-hydrogen) atoms. The van der Waals surface area contributed by atoms with Gasteiger partial charge in [-0.25, -0.2) is 0 Å². The van der Waals surface area contributed by atoms with Crippen LogP contribution in [-0.4, -0.2) is 0 Å². The molecule has 0 heteroatoms. The summed E-state index contributed by atoms with van der Waals surface area (Å²) in [5.74, 6) is 0. The summed E-state index contributed by atoms with van der Waals surface area (Å²) in [6, 6.07) is 0. The van der Waals surface area contributed by atoms with Gasteiger partial charge in [-0.2, -0.15) is 0 Å². The third kappa shape index (κ3) is 3.49. The van der Waals surface area contributed by atoms with Crippen molar-refractivity contribution in [3.8, 4) is 0 Å². The molecule has 0 aliphatic heterocycles. The van der Waals surface area contributed by atoms with Crippen molar-refractivity contribution in [1.82, 2.24) is 0 Å². The standard InChI is InChI=1S/C10H15/c1-2-4-6-8-10-9-7-5-3-1/h1-2,7H,3-6,8,10H2. The summed E-state index contributed by atoms with van der Waals surface area (Å²) in [5.41, 5.74) is 0. The van der Waals surface area contributed by atoms with Crippen molar-refractivity contribution >= 4 is 0 Å². The molecule has 0 aromatic carbocycles. The van der Waals surface area contributed by atoms with Crippen molar-refractivity contribution in [2.45, 2.75) is 38.5 Å². The summed E-state index contributed by atoms with van der Waals surface area (Å²) in [6.07, 6.45) is 17.5. The first-order valence-corrected chi connectivity index (χ1v) is 4.20. The molecular weight excluding hydrogens is 120 g/mol. The molecular formula is C10H15. The van der Waals surface area contributed by atoms with Crippen molar-refractivity contribution in [3.05, 3.63) is 24.3 Å². The highest BCUT2D eigenvalue weighted by molar-refractivity contribution is 4.86. The molecule has 0 aromatic rings. The average Bonchev–Trinajstić information content (AvgIpc) is 2.01. The average molecular weight is 135 g/mol. The van der Waals surface area contributed by atoms with Crippen LogP contribution in [0.4, 0.5) is 0 Å². The molecule has 1 rings (SSSR count). The van der Waals surface area contributed by atoms with Crippen LogP contribution in [0, 0.1) is 6.08 Å². The Morgan fingerprint density at radius 1 is 0.900 bits per heavy atom. The monoisotopic (exact) mass is 135 g/mol. The van der Waals surface area contributed by atoms with E-state index in [2.05, 4.69) is 24.3 Å². The predicted molar refractivity (Wildman–Crippen MR) is 44.7 cm³/mol. The first-order valence-electron chi connectivity index (χ1n) is 4.20. The van der Waals surface area contributed by atoms with Crippen LogP contribution in [0.1, 0.15) is 38.5 Å². The zero-order valence-electron chi connectivity index (χ0n) is 6.47. The molecule has 0 fully saturated rings. The first-order chi connectivity index (χ1) is 5.00. The molecule has 1 aliphatic rings. The minimum atomic E-state index is 1.16. The maximum atomic E-state index is 3.30. The number of hydrogen-bond donors (Lipinski definition) is 0. The lowest BCUT2D eigenvalue weighted by Gasteiger charge is -1.95. The lowest BCUT2D eigenvalue weighted by Crippen LogP contribution is -1.76. The lowest BCUT2D eigenvalue weighted by atomic mass is 10.1. The van der Waals surface area contributed by atoms with Gasteiger partial charge in [0, 0.05) is 0 Å². The fraction of sp³-hybridized carbons (Fsp3) is 0.600. The van der Waals surface area contributed by atoms with E-state index in [1.54, 1.807) is 0 Å². The summed E-state index contributed by atoms with van der Waals surface area (Å²) in [7, 11) is 0. The van der Waals surface area contributed by atoms with Crippen LogP contribution in [0.3, 0.4) is 0 Å². The molecule has 0 bridgehead atoms. The van der Waals surface area contributed by atoms with E-state index in [0.29, 0.717) is 0 Å². The van der Waals surface area contributed by atoms with Crippen LogP contribution in [0.5, 0.6) is 0 Å². The highest BCUT2D eigenvalue weighted by atomic mass is 13.9. The maximum Gasteiger partial charge on any atom is -0.0279 e. The van der Waals surface area contributed by atoms with Crippen molar-refractivity contribution in [1.29, 1.82) is 0 Å². The highest BCUT2D eigenvalue weighted by Crippen LogP contribution is 2.05. The molecule has 0 N–H and O–H groups in total. The molecule has 0 saturated heterocycles. The zero-order valence-corrected chi connectivity index (χ0v) is 6.47. The van der Waals surface area contributed by atoms with E-state index >= 15 is 0 Å². The van der Waals surface area contributed by atoms with Gasteiger partial charge in [-0.05, 0) is 44.6 Å². The largest absolute Gasteiger partial charge is 0.0885 e. The molecule has 0 atom stereocenters. The van der Waals surface area contributed by atoms with Crippen LogP contribution in [0.15, 0.2) is 18.2 Å². The van der Waals surface area contributed by atoms with Gasteiger partial charge in [-0.1, -0.05) is 18.2 Å². The molecule has 0 nitrogen and oxygen atoms in total. The highest BCUT2D eigenvalue weighted by Gasteiger charge is 1.86. The predicted octanol–water partition coefficient (Wildman–Crippen LogP) is 3.26. The molecule has 0 spiro atoms. The van der Waals surface area contributed by atoms with Crippen molar-refractivity contribution < 1.29 is 0 Å². The third-order valence-corrected chi connectivity index (χ3v) is 1.73. The van der Waals surface area contributed by atoms with Crippen molar-refractivity contribution in [2.75, 3.05) is 0 Å². The Balaban J connectivity index is 2.23. The van der Waals surface area contributed by atoms with Crippen LogP contribution in [0.2, 0.25) is 0 Å². The normalized spacial score (nSPS) is 20.8. The molecule has 1 aliphatic carbocycles. The second-order valence-electron chi connectivity index (χ2n) is 2.70. The number of rotatable bonds is 0. The van der Waals surface area contributed by atoms with Gasteiger partial charge in [0.2, 0.25) is 0 Å². The quantitative estimate of drug-likeness (QED) is 0.447. The molecule has 0 saturated carbocycles. The van der Waals surface area contributed by atoms with E-state index in [0.717, 1.165) is 6.42 Å². The van der Waals surface area contributed by atoms with Crippen molar-refractivity contribution in [3.63, 3.8) is 0 Å². The van der Waals surface area contributed by atoms with E-state index in [9.17, 15) is 0 Å². The van der Waals surface area contributed by atoms with Crippen molar-refractivity contribution in [2.24, 2.45) is 0 Å². The van der Waals surface area contributed by atoms with Gasteiger partial charge < -0.3 is 0 Å². The van der Waals surface area contributed by atoms with E-state index in [1.165, 1.54) is 32.1 Å². The van der Waals surface area contributed by atoms with Crippen LogP contribution in [-0.2, 0) is 0 Å². The van der Waals surface area contributed by atoms with Gasteiger partial charge in [-0.3, -0.25) is 0 Å². The molecule has 1 radical (unpaired) electrons. The van der Waals surface area contributed by atoms with Gasteiger partial charge in [0.05, 0.1) is 0 Å². The minimum Gasteiger partial charge on any atom is -0.0885 e. The van der Waals surface area contributed by atoms with E-state index < -0.39 is 0 Å². The maximum absolute atomic E-state index is 3.30. The topological polar surface area (TPSA) is 0 Å². The fourth-order valence-corrected chi connectivity index (χ4v) is 1.11. The second kappa shape index (κ2) is 5.28. The van der Waals surface area contributed by atoms with Gasteiger partial charge >= 0.3 is 0 Å². The molecule has 55 valence electrons.